The average molecular weight is 462 g/mol. The van der Waals surface area contributed by atoms with Gasteiger partial charge in [-0.05, 0) is 48.1 Å². The molecule has 6 rings (SSSR count). The Morgan fingerprint density at radius 2 is 1.60 bits per heavy atom. The van der Waals surface area contributed by atoms with Gasteiger partial charge in [0.25, 0.3) is 5.82 Å². The normalized spacial score (nSPS) is 12.7. The van der Waals surface area contributed by atoms with Gasteiger partial charge in [0.1, 0.15) is 23.9 Å². The molecule has 1 aliphatic rings. The minimum Gasteiger partial charge on any atom is -0.296 e. The largest absolute Gasteiger partial charge is 0.296 e. The van der Waals surface area contributed by atoms with Gasteiger partial charge in [0, 0.05) is 17.5 Å². The molecular formula is C31H33N4+. The highest BCUT2D eigenvalue weighted by atomic mass is 15.2. The molecule has 1 aliphatic heterocycles. The number of fused-ring (bicyclic) bond motifs is 5. The zero-order chi connectivity index (χ0) is 24.4. The maximum absolute atomic E-state index is 4.99. The van der Waals surface area contributed by atoms with Gasteiger partial charge < -0.3 is 0 Å². The van der Waals surface area contributed by atoms with Crippen LogP contribution in [0.2, 0.25) is 0 Å². The predicted octanol–water partition coefficient (Wildman–Crippen LogP) is 6.77. The lowest BCUT2D eigenvalue weighted by molar-refractivity contribution is -0.659. The lowest BCUT2D eigenvalue weighted by Crippen LogP contribution is -2.30. The first-order chi connectivity index (χ1) is 16.9. The van der Waals surface area contributed by atoms with Crippen LogP contribution in [0.1, 0.15) is 67.6 Å². The molecular weight excluding hydrogens is 428 g/mol. The van der Waals surface area contributed by atoms with Gasteiger partial charge in [0.2, 0.25) is 0 Å². The quantitative estimate of drug-likeness (QED) is 0.266. The minimum absolute atomic E-state index is 0.433. The number of hydrogen-bond donors (Lipinski definition) is 0. The van der Waals surface area contributed by atoms with Crippen molar-refractivity contribution in [2.45, 2.75) is 52.9 Å². The molecule has 0 atom stereocenters. The third kappa shape index (κ3) is 3.19. The molecule has 0 unspecified atom stereocenters. The summed E-state index contributed by atoms with van der Waals surface area (Å²) in [6, 6.07) is 19.8. The summed E-state index contributed by atoms with van der Waals surface area (Å²) in [7, 11) is 2.17. The molecule has 2 aromatic heterocycles. The number of aryl methyl sites for hydroxylation is 2. The molecule has 0 aliphatic carbocycles. The highest BCUT2D eigenvalue weighted by Crippen LogP contribution is 2.40. The molecule has 35 heavy (non-hydrogen) atoms. The third-order valence-corrected chi connectivity index (χ3v) is 7.51. The molecule has 3 heterocycles. The summed E-state index contributed by atoms with van der Waals surface area (Å²) in [5, 5.41) is 0. The van der Waals surface area contributed by atoms with Crippen molar-refractivity contribution in [2.24, 2.45) is 7.05 Å². The van der Waals surface area contributed by atoms with E-state index in [2.05, 4.69) is 122 Å². The van der Waals surface area contributed by atoms with Crippen LogP contribution < -0.4 is 4.57 Å². The maximum atomic E-state index is 4.99. The summed E-state index contributed by atoms with van der Waals surface area (Å²) in [4.78, 5) is 4.99. The smallest absolute Gasteiger partial charge is 0.294 e. The Hall–Kier alpha value is -3.66. The van der Waals surface area contributed by atoms with Crippen molar-refractivity contribution in [2.75, 3.05) is 0 Å². The fourth-order valence-electron chi connectivity index (χ4n) is 5.82. The Balaban J connectivity index is 1.64. The van der Waals surface area contributed by atoms with E-state index in [-0.39, 0.29) is 0 Å². The minimum atomic E-state index is 0.433. The van der Waals surface area contributed by atoms with E-state index in [9.17, 15) is 0 Å². The predicted molar refractivity (Wildman–Crippen MR) is 143 cm³/mol. The van der Waals surface area contributed by atoms with E-state index in [1.807, 2.05) is 0 Å². The second-order valence-corrected chi connectivity index (χ2v) is 10.5. The molecule has 0 amide bonds. The molecule has 4 nitrogen and oxygen atoms in total. The Bertz CT molecular complexity index is 1570. The van der Waals surface area contributed by atoms with E-state index in [0.29, 0.717) is 11.8 Å². The summed E-state index contributed by atoms with van der Waals surface area (Å²) in [5.74, 6) is 3.22. The fraction of sp³-hybridized carbons (Fsp3) is 0.290. The monoisotopic (exact) mass is 461 g/mol. The standard InChI is InChI=1S/C31H33N4/c1-19(2)22-10-9-11-23(20(3)4)30(22)34-17-16-33(6)31(34)29-21(5)14-15-26-24(29)18-28-32-25-12-7-8-13-27(25)35(26)28/h7-17,19-20H,18H2,1-6H3/q+1. The first kappa shape index (κ1) is 21.8. The number of rotatable bonds is 4. The highest BCUT2D eigenvalue weighted by molar-refractivity contribution is 5.83. The average Bonchev–Trinajstić information content (AvgIpc) is 3.50. The molecule has 3 aromatic carbocycles. The fourth-order valence-corrected chi connectivity index (χ4v) is 5.82. The molecule has 0 fully saturated rings. The number of hydrogen-bond acceptors (Lipinski definition) is 1. The maximum Gasteiger partial charge on any atom is 0.294 e. The summed E-state index contributed by atoms with van der Waals surface area (Å²) >= 11 is 0. The summed E-state index contributed by atoms with van der Waals surface area (Å²) in [6.07, 6.45) is 5.28. The SMILES string of the molecule is Cc1ccc2c(c1-c1n(-c3c(C(C)C)cccc3C(C)C)cc[n+]1C)Cc1nc3ccccc3n1-2. The van der Waals surface area contributed by atoms with Gasteiger partial charge in [-0.2, -0.15) is 4.57 Å². The van der Waals surface area contributed by atoms with Gasteiger partial charge >= 0.3 is 0 Å². The first-order valence-electron chi connectivity index (χ1n) is 12.7. The molecule has 0 radical (unpaired) electrons. The topological polar surface area (TPSA) is 26.6 Å². The summed E-state index contributed by atoms with van der Waals surface area (Å²) in [5.41, 5.74) is 11.6. The zero-order valence-electron chi connectivity index (χ0n) is 21.5. The summed E-state index contributed by atoms with van der Waals surface area (Å²) < 4.78 is 7.07. The second-order valence-electron chi connectivity index (χ2n) is 10.5. The van der Waals surface area contributed by atoms with Crippen molar-refractivity contribution in [3.8, 4) is 22.8 Å². The number of benzene rings is 3. The van der Waals surface area contributed by atoms with Gasteiger partial charge in [-0.25, -0.2) is 9.55 Å². The van der Waals surface area contributed by atoms with Crippen LogP contribution in [0.3, 0.4) is 0 Å². The van der Waals surface area contributed by atoms with Crippen molar-refractivity contribution in [3.05, 3.63) is 95.1 Å². The van der Waals surface area contributed by atoms with Crippen LogP contribution in [0.5, 0.6) is 0 Å². The van der Waals surface area contributed by atoms with Gasteiger partial charge in [-0.15, -0.1) is 0 Å². The second kappa shape index (κ2) is 7.94. The van der Waals surface area contributed by atoms with Crippen LogP contribution >= 0.6 is 0 Å². The molecule has 176 valence electrons. The molecule has 0 N–H and O–H groups in total. The van der Waals surface area contributed by atoms with Crippen molar-refractivity contribution in [1.82, 2.24) is 14.1 Å². The third-order valence-electron chi connectivity index (χ3n) is 7.51. The molecule has 0 spiro atoms. The van der Waals surface area contributed by atoms with Gasteiger partial charge in [-0.3, -0.25) is 4.57 Å². The van der Waals surface area contributed by atoms with Crippen LogP contribution in [0.15, 0.2) is 67.0 Å². The lowest BCUT2D eigenvalue weighted by atomic mass is 9.92. The molecule has 5 aromatic rings. The van der Waals surface area contributed by atoms with Crippen LogP contribution in [-0.4, -0.2) is 14.1 Å². The Morgan fingerprint density at radius 3 is 2.31 bits per heavy atom. The first-order valence-corrected chi connectivity index (χ1v) is 12.7. The number of nitrogens with zero attached hydrogens (tertiary/aromatic N) is 4. The van der Waals surface area contributed by atoms with Crippen molar-refractivity contribution >= 4 is 11.0 Å². The molecule has 0 saturated carbocycles. The van der Waals surface area contributed by atoms with Crippen LogP contribution in [0, 0.1) is 6.92 Å². The lowest BCUT2D eigenvalue weighted by Gasteiger charge is -2.19. The van der Waals surface area contributed by atoms with Crippen LogP contribution in [-0.2, 0) is 13.5 Å². The highest BCUT2D eigenvalue weighted by Gasteiger charge is 2.33. The van der Waals surface area contributed by atoms with E-state index in [1.54, 1.807) is 0 Å². The van der Waals surface area contributed by atoms with Crippen molar-refractivity contribution in [3.63, 3.8) is 0 Å². The Kier molecular flexibility index (Phi) is 4.96. The molecule has 0 bridgehead atoms. The van der Waals surface area contributed by atoms with Gasteiger partial charge in [0.05, 0.1) is 29.3 Å². The van der Waals surface area contributed by atoms with Crippen molar-refractivity contribution < 1.29 is 4.57 Å². The van der Waals surface area contributed by atoms with E-state index in [4.69, 9.17) is 4.98 Å². The van der Waals surface area contributed by atoms with Crippen LogP contribution in [0.25, 0.3) is 33.8 Å². The van der Waals surface area contributed by atoms with Gasteiger partial charge in [0.15, 0.2) is 0 Å². The van der Waals surface area contributed by atoms with E-state index >= 15 is 0 Å². The van der Waals surface area contributed by atoms with Crippen molar-refractivity contribution in [1.29, 1.82) is 0 Å². The number of aromatic nitrogens is 4. The van der Waals surface area contributed by atoms with E-state index in [1.165, 1.54) is 50.5 Å². The molecule has 0 saturated heterocycles. The zero-order valence-corrected chi connectivity index (χ0v) is 21.5. The van der Waals surface area contributed by atoms with E-state index in [0.717, 1.165) is 17.8 Å². The molecule has 4 heteroatoms. The Labute approximate surface area is 207 Å². The number of para-hydroxylation sites is 3. The van der Waals surface area contributed by atoms with Crippen LogP contribution in [0.4, 0.5) is 0 Å². The van der Waals surface area contributed by atoms with E-state index < -0.39 is 0 Å². The van der Waals surface area contributed by atoms with Gasteiger partial charge in [-0.1, -0.05) is 64.1 Å². The Morgan fingerprint density at radius 1 is 0.886 bits per heavy atom. The summed E-state index contributed by atoms with van der Waals surface area (Å²) in [6.45, 7) is 11.4. The number of imidazole rings is 2.